The summed E-state index contributed by atoms with van der Waals surface area (Å²) in [6.07, 6.45) is 7.76. The van der Waals surface area contributed by atoms with E-state index in [2.05, 4.69) is 6.92 Å². The smallest absolute Gasteiger partial charge is 0.306 e. The van der Waals surface area contributed by atoms with Gasteiger partial charge in [0.2, 0.25) is 0 Å². The van der Waals surface area contributed by atoms with Crippen molar-refractivity contribution in [1.82, 2.24) is 0 Å². The molecular weight excluding hydrogens is 211 g/mol. The van der Waals surface area contributed by atoms with Gasteiger partial charge in [0, 0.05) is 5.82 Å². The molecule has 0 aromatic carbocycles. The van der Waals surface area contributed by atoms with Gasteiger partial charge in [0.05, 0.1) is 13.2 Å². The average Bonchev–Trinajstić information content (AvgIpc) is 2.18. The molecule has 0 unspecified atom stereocenters. The predicted octanol–water partition coefficient (Wildman–Crippen LogP) is 4.12. The van der Waals surface area contributed by atoms with Gasteiger partial charge in [-0.1, -0.05) is 31.6 Å². The van der Waals surface area contributed by atoms with Crippen LogP contribution in [0.3, 0.4) is 0 Å². The quantitative estimate of drug-likeness (QED) is 0.466. The Morgan fingerprint density at radius 1 is 1.07 bits per heavy atom. The second-order valence-electron chi connectivity index (χ2n) is 2.93. The van der Waals surface area contributed by atoms with Crippen LogP contribution in [0, 0.1) is 0 Å². The van der Waals surface area contributed by atoms with Crippen molar-refractivity contribution in [3.05, 3.63) is 24.0 Å². The normalized spacial score (nSPS) is 13.0. The lowest BCUT2D eigenvalue weighted by molar-refractivity contribution is 0.229. The maximum Gasteiger partial charge on any atom is 0.354 e. The van der Waals surface area contributed by atoms with Crippen molar-refractivity contribution in [3.63, 3.8) is 0 Å². The Hall–Kier alpha value is -0.370. The van der Waals surface area contributed by atoms with Crippen LogP contribution in [0.5, 0.6) is 0 Å². The molecule has 0 atom stereocenters. The van der Waals surface area contributed by atoms with Crippen molar-refractivity contribution >= 4 is 7.60 Å². The Balaban J connectivity index is 4.21. The van der Waals surface area contributed by atoms with E-state index in [-0.39, 0.29) is 0 Å². The zero-order chi connectivity index (χ0) is 11.6. The largest absolute Gasteiger partial charge is 0.354 e. The number of hydrogen-bond acceptors (Lipinski definition) is 3. The van der Waals surface area contributed by atoms with Gasteiger partial charge in [0.1, 0.15) is 0 Å². The Morgan fingerprint density at radius 3 is 2.13 bits per heavy atom. The minimum atomic E-state index is -3.00. The lowest BCUT2D eigenvalue weighted by Crippen LogP contribution is -1.92. The van der Waals surface area contributed by atoms with Crippen LogP contribution in [0.1, 0.15) is 33.6 Å². The third-order valence-electron chi connectivity index (χ3n) is 1.59. The fourth-order valence-corrected chi connectivity index (χ4v) is 2.26. The molecule has 0 aliphatic heterocycles. The lowest BCUT2D eigenvalue weighted by atomic mass is 10.3. The number of unbranched alkanes of at least 4 members (excludes halogenated alkanes) is 1. The van der Waals surface area contributed by atoms with Crippen molar-refractivity contribution in [2.24, 2.45) is 0 Å². The first kappa shape index (κ1) is 14.6. The van der Waals surface area contributed by atoms with E-state index in [1.807, 2.05) is 12.2 Å². The molecule has 0 fully saturated rings. The van der Waals surface area contributed by atoms with Crippen LogP contribution in [0.2, 0.25) is 0 Å². The number of allylic oxidation sites excluding steroid dienone is 3. The Kier molecular flexibility index (Phi) is 8.68. The standard InChI is InChI=1S/C11H21O3P/c1-4-7-8-9-10-11-15(12,13-5-2)14-6-3/h8-11H,4-7H2,1-3H3/b9-8+,11-10+. The Morgan fingerprint density at radius 2 is 1.67 bits per heavy atom. The van der Waals surface area contributed by atoms with Crippen LogP contribution in [-0.2, 0) is 13.6 Å². The molecule has 4 heteroatoms. The highest BCUT2D eigenvalue weighted by Crippen LogP contribution is 2.49. The summed E-state index contributed by atoms with van der Waals surface area (Å²) in [4.78, 5) is 0. The van der Waals surface area contributed by atoms with Crippen molar-refractivity contribution in [3.8, 4) is 0 Å². The van der Waals surface area contributed by atoms with E-state index in [4.69, 9.17) is 9.05 Å². The van der Waals surface area contributed by atoms with Crippen LogP contribution >= 0.6 is 7.60 Å². The van der Waals surface area contributed by atoms with E-state index < -0.39 is 7.60 Å². The third-order valence-corrected chi connectivity index (χ3v) is 3.36. The first-order valence-electron chi connectivity index (χ1n) is 5.41. The van der Waals surface area contributed by atoms with E-state index in [0.29, 0.717) is 13.2 Å². The van der Waals surface area contributed by atoms with E-state index in [1.54, 1.807) is 19.9 Å². The minimum Gasteiger partial charge on any atom is -0.306 e. The van der Waals surface area contributed by atoms with Gasteiger partial charge < -0.3 is 9.05 Å². The van der Waals surface area contributed by atoms with Gasteiger partial charge in [-0.3, -0.25) is 4.57 Å². The fourth-order valence-electron chi connectivity index (χ4n) is 0.980. The molecule has 15 heavy (non-hydrogen) atoms. The summed E-state index contributed by atoms with van der Waals surface area (Å²) >= 11 is 0. The van der Waals surface area contributed by atoms with Crippen molar-refractivity contribution < 1.29 is 13.6 Å². The summed E-state index contributed by atoms with van der Waals surface area (Å²) in [5, 5.41) is 0. The highest BCUT2D eigenvalue weighted by Gasteiger charge is 2.17. The maximum absolute atomic E-state index is 11.9. The fraction of sp³-hybridized carbons (Fsp3) is 0.636. The van der Waals surface area contributed by atoms with Crippen LogP contribution in [0.25, 0.3) is 0 Å². The molecule has 3 nitrogen and oxygen atoms in total. The molecule has 0 heterocycles. The Bertz CT molecular complexity index is 236. The van der Waals surface area contributed by atoms with Crippen molar-refractivity contribution in [2.75, 3.05) is 13.2 Å². The molecule has 0 saturated carbocycles. The summed E-state index contributed by atoms with van der Waals surface area (Å²) in [5.74, 6) is 1.51. The van der Waals surface area contributed by atoms with Gasteiger partial charge in [-0.25, -0.2) is 0 Å². The maximum atomic E-state index is 11.9. The van der Waals surface area contributed by atoms with Crippen LogP contribution in [0.15, 0.2) is 24.0 Å². The molecule has 0 aliphatic rings. The highest BCUT2D eigenvalue weighted by molar-refractivity contribution is 7.57. The average molecular weight is 232 g/mol. The first-order valence-corrected chi connectivity index (χ1v) is 7.02. The van der Waals surface area contributed by atoms with Crippen molar-refractivity contribution in [1.29, 1.82) is 0 Å². The molecule has 0 radical (unpaired) electrons. The van der Waals surface area contributed by atoms with Crippen LogP contribution in [0.4, 0.5) is 0 Å². The third kappa shape index (κ3) is 7.55. The summed E-state index contributed by atoms with van der Waals surface area (Å²) in [6, 6.07) is 0. The molecule has 0 amide bonds. The molecular formula is C11H21O3P. The SMILES string of the molecule is CCC/C=C/C=C/P(=O)(OCC)OCC. The number of hydrogen-bond donors (Lipinski definition) is 0. The first-order chi connectivity index (χ1) is 7.18. The molecule has 0 bridgehead atoms. The zero-order valence-electron chi connectivity index (χ0n) is 9.81. The molecule has 0 rings (SSSR count). The van der Waals surface area contributed by atoms with Crippen molar-refractivity contribution in [2.45, 2.75) is 33.6 Å². The molecule has 0 N–H and O–H groups in total. The van der Waals surface area contributed by atoms with E-state index in [0.717, 1.165) is 12.8 Å². The summed E-state index contributed by atoms with van der Waals surface area (Å²) in [6.45, 7) is 6.48. The summed E-state index contributed by atoms with van der Waals surface area (Å²) in [7, 11) is -3.00. The van der Waals surface area contributed by atoms with Gasteiger partial charge in [-0.05, 0) is 20.3 Å². The Labute approximate surface area is 92.7 Å². The van der Waals surface area contributed by atoms with Crippen LogP contribution < -0.4 is 0 Å². The second-order valence-corrected chi connectivity index (χ2v) is 4.83. The lowest BCUT2D eigenvalue weighted by Gasteiger charge is -2.11. The van der Waals surface area contributed by atoms with E-state index in [1.165, 1.54) is 5.82 Å². The van der Waals surface area contributed by atoms with Gasteiger partial charge in [-0.15, -0.1) is 0 Å². The van der Waals surface area contributed by atoms with Crippen LogP contribution in [-0.4, -0.2) is 13.2 Å². The van der Waals surface area contributed by atoms with E-state index >= 15 is 0 Å². The summed E-state index contributed by atoms with van der Waals surface area (Å²) < 4.78 is 22.1. The van der Waals surface area contributed by atoms with Gasteiger partial charge >= 0.3 is 7.60 Å². The monoisotopic (exact) mass is 232 g/mol. The summed E-state index contributed by atoms with van der Waals surface area (Å²) in [5.41, 5.74) is 0. The molecule has 0 aromatic heterocycles. The molecule has 0 aromatic rings. The second kappa shape index (κ2) is 8.90. The number of rotatable bonds is 8. The van der Waals surface area contributed by atoms with Gasteiger partial charge in [0.15, 0.2) is 0 Å². The topological polar surface area (TPSA) is 35.5 Å². The molecule has 88 valence electrons. The molecule has 0 aliphatic carbocycles. The predicted molar refractivity (Wildman–Crippen MR) is 64.0 cm³/mol. The van der Waals surface area contributed by atoms with E-state index in [9.17, 15) is 4.57 Å². The minimum absolute atomic E-state index is 0.389. The highest BCUT2D eigenvalue weighted by atomic mass is 31.2. The van der Waals surface area contributed by atoms with Gasteiger partial charge in [0.25, 0.3) is 0 Å². The molecule has 0 saturated heterocycles. The molecule has 0 spiro atoms. The van der Waals surface area contributed by atoms with Gasteiger partial charge in [-0.2, -0.15) is 0 Å². The zero-order valence-corrected chi connectivity index (χ0v) is 10.7.